The van der Waals surface area contributed by atoms with Gasteiger partial charge in [0.05, 0.1) is 18.1 Å². The fraction of sp³-hybridized carbons (Fsp3) is 0.400. The maximum Gasteiger partial charge on any atom is 0.0955 e. The lowest BCUT2D eigenvalue weighted by Crippen LogP contribution is -2.12. The van der Waals surface area contributed by atoms with Crippen LogP contribution in [-0.2, 0) is 6.54 Å². The first kappa shape index (κ1) is 12.8. The van der Waals surface area contributed by atoms with Crippen LogP contribution in [0.3, 0.4) is 0 Å². The van der Waals surface area contributed by atoms with E-state index in [1.807, 2.05) is 6.33 Å². The Morgan fingerprint density at radius 1 is 1.22 bits per heavy atom. The van der Waals surface area contributed by atoms with Gasteiger partial charge in [0.25, 0.3) is 0 Å². The molecule has 1 aromatic heterocycles. The molecule has 3 nitrogen and oxygen atoms in total. The molecule has 0 aliphatic heterocycles. The summed E-state index contributed by atoms with van der Waals surface area (Å²) in [5.41, 5.74) is 2.44. The molecule has 0 saturated carbocycles. The molecule has 0 amide bonds. The Kier molecular flexibility index (Phi) is 4.53. The molecule has 3 heteroatoms. The first-order chi connectivity index (χ1) is 8.85. The molecule has 0 radical (unpaired) electrons. The highest BCUT2D eigenvalue weighted by Crippen LogP contribution is 2.21. The second kappa shape index (κ2) is 6.36. The third kappa shape index (κ3) is 2.99. The first-order valence-corrected chi connectivity index (χ1v) is 6.63. The Morgan fingerprint density at radius 3 is 2.67 bits per heavy atom. The van der Waals surface area contributed by atoms with E-state index in [1.54, 1.807) is 0 Å². The Bertz CT molecular complexity index is 462. The van der Waals surface area contributed by atoms with Crippen LogP contribution >= 0.6 is 0 Å². The number of imidazole rings is 1. The highest BCUT2D eigenvalue weighted by atomic mass is 15.1. The van der Waals surface area contributed by atoms with E-state index in [-0.39, 0.29) is 0 Å². The average molecular weight is 243 g/mol. The summed E-state index contributed by atoms with van der Waals surface area (Å²) in [6.45, 7) is 6.13. The highest BCUT2D eigenvalue weighted by molar-refractivity contribution is 5.20. The fourth-order valence-electron chi connectivity index (χ4n) is 2.19. The van der Waals surface area contributed by atoms with Gasteiger partial charge in [0.1, 0.15) is 0 Å². The predicted octanol–water partition coefficient (Wildman–Crippen LogP) is 2.99. The molecule has 0 aliphatic carbocycles. The lowest BCUT2D eigenvalue weighted by atomic mass is 10.0. The summed E-state index contributed by atoms with van der Waals surface area (Å²) in [5, 5.41) is 3.30. The molecular weight excluding hydrogens is 222 g/mol. The molecule has 0 bridgehead atoms. The van der Waals surface area contributed by atoms with Crippen LogP contribution in [0.25, 0.3) is 0 Å². The third-order valence-electron chi connectivity index (χ3n) is 3.14. The van der Waals surface area contributed by atoms with Gasteiger partial charge in [0, 0.05) is 12.7 Å². The van der Waals surface area contributed by atoms with Gasteiger partial charge in [-0.1, -0.05) is 44.2 Å². The molecular formula is C15H21N3. The Labute approximate surface area is 109 Å². The largest absolute Gasteiger partial charge is 0.330 e. The molecule has 0 aliphatic rings. The van der Waals surface area contributed by atoms with Crippen molar-refractivity contribution in [3.05, 3.63) is 54.1 Å². The molecule has 2 aromatic rings. The fourth-order valence-corrected chi connectivity index (χ4v) is 2.19. The zero-order valence-corrected chi connectivity index (χ0v) is 11.1. The Morgan fingerprint density at radius 2 is 2.00 bits per heavy atom. The second-order valence-electron chi connectivity index (χ2n) is 4.43. The van der Waals surface area contributed by atoms with E-state index in [0.29, 0.717) is 6.04 Å². The van der Waals surface area contributed by atoms with E-state index in [0.717, 1.165) is 25.2 Å². The van der Waals surface area contributed by atoms with E-state index in [9.17, 15) is 0 Å². The number of hydrogen-bond acceptors (Lipinski definition) is 2. The lowest BCUT2D eigenvalue weighted by molar-refractivity contribution is 0.565. The molecule has 0 saturated heterocycles. The zero-order valence-electron chi connectivity index (χ0n) is 11.1. The molecule has 18 heavy (non-hydrogen) atoms. The molecule has 1 N–H and O–H groups in total. The molecule has 0 fully saturated rings. The Balaban J connectivity index is 2.15. The normalized spacial score (nSPS) is 12.6. The number of rotatable bonds is 6. The number of benzene rings is 1. The number of hydrogen-bond donors (Lipinski definition) is 1. The van der Waals surface area contributed by atoms with Gasteiger partial charge in [-0.25, -0.2) is 4.98 Å². The van der Waals surface area contributed by atoms with Gasteiger partial charge >= 0.3 is 0 Å². The van der Waals surface area contributed by atoms with Gasteiger partial charge in [-0.2, -0.15) is 0 Å². The van der Waals surface area contributed by atoms with Crippen molar-refractivity contribution in [1.29, 1.82) is 0 Å². The van der Waals surface area contributed by atoms with Crippen molar-refractivity contribution >= 4 is 0 Å². The van der Waals surface area contributed by atoms with Gasteiger partial charge in [0.15, 0.2) is 0 Å². The minimum Gasteiger partial charge on any atom is -0.330 e. The topological polar surface area (TPSA) is 29.9 Å². The van der Waals surface area contributed by atoms with Gasteiger partial charge < -0.3 is 9.88 Å². The summed E-state index contributed by atoms with van der Waals surface area (Å²) in [7, 11) is 0. The molecule has 2 rings (SSSR count). The van der Waals surface area contributed by atoms with Crippen LogP contribution in [0.1, 0.15) is 37.6 Å². The minimum absolute atomic E-state index is 0.383. The van der Waals surface area contributed by atoms with Crippen molar-refractivity contribution in [3.63, 3.8) is 0 Å². The summed E-state index contributed by atoms with van der Waals surface area (Å²) in [6, 6.07) is 11.0. The molecule has 1 atom stereocenters. The van der Waals surface area contributed by atoms with E-state index in [1.165, 1.54) is 5.56 Å². The van der Waals surface area contributed by atoms with Crippen LogP contribution in [-0.4, -0.2) is 16.1 Å². The van der Waals surface area contributed by atoms with Crippen LogP contribution in [0.15, 0.2) is 42.9 Å². The van der Waals surface area contributed by atoms with Gasteiger partial charge in [0.2, 0.25) is 0 Å². The zero-order chi connectivity index (χ0) is 12.8. The SMILES string of the molecule is CCNCc1cn(C(CC)c2ccccc2)cn1. The maximum absolute atomic E-state index is 4.45. The monoisotopic (exact) mass is 243 g/mol. The molecule has 1 heterocycles. The number of aromatic nitrogens is 2. The van der Waals surface area contributed by atoms with Crippen LogP contribution < -0.4 is 5.32 Å². The predicted molar refractivity (Wildman–Crippen MR) is 74.5 cm³/mol. The van der Waals surface area contributed by atoms with Crippen molar-refractivity contribution in [3.8, 4) is 0 Å². The van der Waals surface area contributed by atoms with Crippen LogP contribution in [0.4, 0.5) is 0 Å². The summed E-state index contributed by atoms with van der Waals surface area (Å²) in [4.78, 5) is 4.45. The Hall–Kier alpha value is -1.61. The summed E-state index contributed by atoms with van der Waals surface area (Å²) >= 11 is 0. The quantitative estimate of drug-likeness (QED) is 0.845. The number of nitrogens with one attached hydrogen (secondary N) is 1. The van der Waals surface area contributed by atoms with E-state index in [2.05, 4.69) is 65.2 Å². The molecule has 96 valence electrons. The van der Waals surface area contributed by atoms with Crippen LogP contribution in [0.5, 0.6) is 0 Å². The van der Waals surface area contributed by atoms with Crippen molar-refractivity contribution in [2.45, 2.75) is 32.9 Å². The van der Waals surface area contributed by atoms with Gasteiger partial charge in [-0.05, 0) is 18.5 Å². The first-order valence-electron chi connectivity index (χ1n) is 6.63. The van der Waals surface area contributed by atoms with Crippen molar-refractivity contribution < 1.29 is 0 Å². The van der Waals surface area contributed by atoms with Crippen molar-refractivity contribution in [2.75, 3.05) is 6.54 Å². The smallest absolute Gasteiger partial charge is 0.0955 e. The van der Waals surface area contributed by atoms with E-state index in [4.69, 9.17) is 0 Å². The maximum atomic E-state index is 4.45. The summed E-state index contributed by atoms with van der Waals surface area (Å²) in [6.07, 6.45) is 5.15. The van der Waals surface area contributed by atoms with Crippen LogP contribution in [0, 0.1) is 0 Å². The highest BCUT2D eigenvalue weighted by Gasteiger charge is 2.11. The summed E-state index contributed by atoms with van der Waals surface area (Å²) in [5.74, 6) is 0. The van der Waals surface area contributed by atoms with Crippen molar-refractivity contribution in [2.24, 2.45) is 0 Å². The number of nitrogens with zero attached hydrogens (tertiary/aromatic N) is 2. The second-order valence-corrected chi connectivity index (χ2v) is 4.43. The molecule has 0 spiro atoms. The van der Waals surface area contributed by atoms with Crippen molar-refractivity contribution in [1.82, 2.24) is 14.9 Å². The average Bonchev–Trinajstić information content (AvgIpc) is 2.87. The third-order valence-corrected chi connectivity index (χ3v) is 3.14. The summed E-state index contributed by atoms with van der Waals surface area (Å²) < 4.78 is 2.21. The minimum atomic E-state index is 0.383. The molecule has 1 unspecified atom stereocenters. The molecule has 1 aromatic carbocycles. The van der Waals surface area contributed by atoms with Gasteiger partial charge in [-0.3, -0.25) is 0 Å². The van der Waals surface area contributed by atoms with Gasteiger partial charge in [-0.15, -0.1) is 0 Å². The van der Waals surface area contributed by atoms with E-state index >= 15 is 0 Å². The van der Waals surface area contributed by atoms with E-state index < -0.39 is 0 Å². The van der Waals surface area contributed by atoms with Crippen LogP contribution in [0.2, 0.25) is 0 Å². The standard InChI is InChI=1S/C15H21N3/c1-3-15(13-8-6-5-7-9-13)18-11-14(17-12-18)10-16-4-2/h5-9,11-12,15-16H,3-4,10H2,1-2H3. The lowest BCUT2D eigenvalue weighted by Gasteiger charge is -2.16.